The van der Waals surface area contributed by atoms with E-state index in [4.69, 9.17) is 0 Å². The third kappa shape index (κ3) is 3.65. The van der Waals surface area contributed by atoms with Gasteiger partial charge >= 0.3 is 6.03 Å². The fourth-order valence-electron chi connectivity index (χ4n) is 2.88. The maximum Gasteiger partial charge on any atom is 0.322 e. The van der Waals surface area contributed by atoms with Crippen molar-refractivity contribution in [1.29, 1.82) is 0 Å². The number of hydrogen-bond acceptors (Lipinski definition) is 2. The molecule has 2 aromatic carbocycles. The van der Waals surface area contributed by atoms with Gasteiger partial charge in [0.2, 0.25) is 0 Å². The lowest BCUT2D eigenvalue weighted by atomic mass is 10.0. The second-order valence-electron chi connectivity index (χ2n) is 6.33. The zero-order valence-electron chi connectivity index (χ0n) is 15.1. The van der Waals surface area contributed by atoms with Crippen molar-refractivity contribution in [3.8, 4) is 0 Å². The van der Waals surface area contributed by atoms with E-state index < -0.39 is 52.1 Å². The van der Waals surface area contributed by atoms with Gasteiger partial charge in [-0.05, 0) is 23.9 Å². The summed E-state index contributed by atoms with van der Waals surface area (Å²) in [6.45, 7) is 1.54. The lowest BCUT2D eigenvalue weighted by Crippen LogP contribution is -2.34. The lowest BCUT2D eigenvalue weighted by molar-refractivity contribution is 0.208. The number of hydrogen-bond donors (Lipinski definition) is 2. The van der Waals surface area contributed by atoms with Crippen LogP contribution in [0.15, 0.2) is 35.3 Å². The molecule has 0 aliphatic rings. The number of benzene rings is 2. The number of pyridine rings is 1. The number of amides is 2. The van der Waals surface area contributed by atoms with E-state index in [1.165, 1.54) is 19.3 Å². The van der Waals surface area contributed by atoms with Crippen LogP contribution in [0.4, 0.5) is 32.4 Å². The van der Waals surface area contributed by atoms with Gasteiger partial charge in [-0.1, -0.05) is 6.07 Å². The molecule has 0 fully saturated rings. The normalized spacial score (nSPS) is 12.1. The van der Waals surface area contributed by atoms with Crippen LogP contribution in [-0.2, 0) is 0 Å². The van der Waals surface area contributed by atoms with Gasteiger partial charge < -0.3 is 15.2 Å². The topological polar surface area (TPSA) is 65.2 Å². The fraction of sp³-hybridized carbons (Fsp3) is 0.158. The van der Waals surface area contributed by atoms with Gasteiger partial charge in [-0.3, -0.25) is 4.79 Å². The standard InChI is InChI=1S/C19H14F5N3O2/c1-8(11-7-25-18(28)15-10(11)3-4-12(20)17(15)24)27(2)19(29)26-9-5-13(21)16(23)14(22)6-9/h3-8H,1-2H3,(H,25,28)(H,26,29)/t8-/m0/s1. The summed E-state index contributed by atoms with van der Waals surface area (Å²) in [6, 6.07) is 1.72. The molecule has 152 valence electrons. The van der Waals surface area contributed by atoms with E-state index in [1.54, 1.807) is 6.92 Å². The summed E-state index contributed by atoms with van der Waals surface area (Å²) in [5.74, 6) is -7.12. The number of aromatic nitrogens is 1. The number of nitrogens with zero attached hydrogens (tertiary/aromatic N) is 1. The fourth-order valence-corrected chi connectivity index (χ4v) is 2.88. The first-order valence-electron chi connectivity index (χ1n) is 8.29. The predicted octanol–water partition coefficient (Wildman–Crippen LogP) is 4.45. The Kier molecular flexibility index (Phi) is 5.27. The third-order valence-corrected chi connectivity index (χ3v) is 4.58. The largest absolute Gasteiger partial charge is 0.328 e. The molecule has 0 saturated heterocycles. The molecule has 10 heteroatoms. The molecule has 5 nitrogen and oxygen atoms in total. The van der Waals surface area contributed by atoms with Crippen molar-refractivity contribution >= 4 is 22.5 Å². The van der Waals surface area contributed by atoms with Crippen LogP contribution in [0.1, 0.15) is 18.5 Å². The third-order valence-electron chi connectivity index (χ3n) is 4.58. The summed E-state index contributed by atoms with van der Waals surface area (Å²) in [7, 11) is 1.34. The Bertz CT molecular complexity index is 1160. The van der Waals surface area contributed by atoms with Crippen molar-refractivity contribution in [2.45, 2.75) is 13.0 Å². The van der Waals surface area contributed by atoms with Gasteiger partial charge in [-0.2, -0.15) is 0 Å². The smallest absolute Gasteiger partial charge is 0.322 e. The molecule has 2 N–H and O–H groups in total. The predicted molar refractivity (Wildman–Crippen MR) is 96.0 cm³/mol. The second-order valence-corrected chi connectivity index (χ2v) is 6.33. The Labute approximate surface area is 160 Å². The van der Waals surface area contributed by atoms with E-state index in [1.807, 2.05) is 0 Å². The molecule has 3 rings (SSSR count). The van der Waals surface area contributed by atoms with Crippen LogP contribution in [0.5, 0.6) is 0 Å². The van der Waals surface area contributed by atoms with Crippen molar-refractivity contribution in [3.63, 3.8) is 0 Å². The number of carbonyl (C=O) groups is 1. The average molecular weight is 411 g/mol. The van der Waals surface area contributed by atoms with Crippen molar-refractivity contribution in [2.24, 2.45) is 0 Å². The molecule has 1 aromatic heterocycles. The number of carbonyl (C=O) groups excluding carboxylic acids is 1. The van der Waals surface area contributed by atoms with Crippen molar-refractivity contribution in [3.05, 3.63) is 75.5 Å². The lowest BCUT2D eigenvalue weighted by Gasteiger charge is -2.26. The van der Waals surface area contributed by atoms with Gasteiger partial charge in [0, 0.05) is 31.1 Å². The molecule has 0 bridgehead atoms. The van der Waals surface area contributed by atoms with Crippen LogP contribution in [0, 0.1) is 29.1 Å². The van der Waals surface area contributed by atoms with Crippen LogP contribution in [0.2, 0.25) is 0 Å². The van der Waals surface area contributed by atoms with Gasteiger partial charge in [0.1, 0.15) is 0 Å². The molecular formula is C19H14F5N3O2. The SMILES string of the molecule is C[C@@H](c1c[nH]c(=O)c2c(F)c(F)ccc12)N(C)C(=O)Nc1cc(F)c(F)c(F)c1. The van der Waals surface area contributed by atoms with Crippen LogP contribution >= 0.6 is 0 Å². The molecular weight excluding hydrogens is 397 g/mol. The van der Waals surface area contributed by atoms with Gasteiger partial charge in [0.25, 0.3) is 5.56 Å². The van der Waals surface area contributed by atoms with Crippen LogP contribution in [-0.4, -0.2) is 23.0 Å². The van der Waals surface area contributed by atoms with E-state index >= 15 is 0 Å². The number of nitrogens with one attached hydrogen (secondary N) is 2. The Morgan fingerprint density at radius 1 is 1.03 bits per heavy atom. The van der Waals surface area contributed by atoms with E-state index in [2.05, 4.69) is 10.3 Å². The molecule has 0 aliphatic heterocycles. The molecule has 29 heavy (non-hydrogen) atoms. The number of H-pyrrole nitrogens is 1. The Morgan fingerprint density at radius 3 is 2.28 bits per heavy atom. The first kappa shape index (κ1) is 20.3. The number of halogens is 5. The molecule has 0 aliphatic carbocycles. The number of urea groups is 1. The zero-order valence-corrected chi connectivity index (χ0v) is 15.1. The summed E-state index contributed by atoms with van der Waals surface area (Å²) in [5.41, 5.74) is -0.852. The van der Waals surface area contributed by atoms with E-state index in [9.17, 15) is 31.5 Å². The quantitative estimate of drug-likeness (QED) is 0.494. The van der Waals surface area contributed by atoms with Gasteiger partial charge in [-0.15, -0.1) is 0 Å². The average Bonchev–Trinajstić information content (AvgIpc) is 2.67. The Hall–Kier alpha value is -3.43. The zero-order chi connectivity index (χ0) is 21.5. The highest BCUT2D eigenvalue weighted by Gasteiger charge is 2.23. The maximum atomic E-state index is 14.1. The minimum atomic E-state index is -1.67. The van der Waals surface area contributed by atoms with Crippen molar-refractivity contribution < 1.29 is 26.7 Å². The molecule has 1 heterocycles. The summed E-state index contributed by atoms with van der Waals surface area (Å²) >= 11 is 0. The Balaban J connectivity index is 1.93. The summed E-state index contributed by atoms with van der Waals surface area (Å²) in [5, 5.41) is 1.82. The first-order chi connectivity index (χ1) is 13.6. The molecule has 0 spiro atoms. The minimum absolute atomic E-state index is 0.0960. The van der Waals surface area contributed by atoms with E-state index in [-0.39, 0.29) is 11.1 Å². The summed E-state index contributed by atoms with van der Waals surface area (Å²) in [4.78, 5) is 27.7. The Morgan fingerprint density at radius 2 is 1.66 bits per heavy atom. The van der Waals surface area contributed by atoms with Gasteiger partial charge in [0.05, 0.1) is 11.4 Å². The number of rotatable bonds is 3. The molecule has 3 aromatic rings. The van der Waals surface area contributed by atoms with Gasteiger partial charge in [-0.25, -0.2) is 26.7 Å². The summed E-state index contributed by atoms with van der Waals surface area (Å²) in [6.07, 6.45) is 1.26. The minimum Gasteiger partial charge on any atom is -0.328 e. The first-order valence-corrected chi connectivity index (χ1v) is 8.29. The molecule has 0 radical (unpaired) electrons. The van der Waals surface area contributed by atoms with E-state index in [0.717, 1.165) is 11.0 Å². The maximum absolute atomic E-state index is 14.1. The van der Waals surface area contributed by atoms with Crippen LogP contribution < -0.4 is 10.9 Å². The monoisotopic (exact) mass is 411 g/mol. The van der Waals surface area contributed by atoms with E-state index in [0.29, 0.717) is 17.7 Å². The number of fused-ring (bicyclic) bond motifs is 1. The highest BCUT2D eigenvalue weighted by molar-refractivity contribution is 5.90. The van der Waals surface area contributed by atoms with Gasteiger partial charge in [0.15, 0.2) is 29.1 Å². The second kappa shape index (κ2) is 7.53. The van der Waals surface area contributed by atoms with Crippen molar-refractivity contribution in [1.82, 2.24) is 9.88 Å². The summed E-state index contributed by atoms with van der Waals surface area (Å²) < 4.78 is 67.2. The highest BCUT2D eigenvalue weighted by Crippen LogP contribution is 2.28. The molecule has 1 atom stereocenters. The molecule has 2 amide bonds. The van der Waals surface area contributed by atoms with Crippen LogP contribution in [0.3, 0.4) is 0 Å². The molecule has 0 unspecified atom stereocenters. The number of aromatic amines is 1. The molecule has 0 saturated carbocycles. The van der Waals surface area contributed by atoms with Crippen molar-refractivity contribution in [2.75, 3.05) is 12.4 Å². The van der Waals surface area contributed by atoms with Crippen LogP contribution in [0.25, 0.3) is 10.8 Å². The highest BCUT2D eigenvalue weighted by atomic mass is 19.2. The number of anilines is 1.